The number of halogens is 4. The molecule has 4 fully saturated rings. The van der Waals surface area contributed by atoms with Gasteiger partial charge in [-0.15, -0.1) is 0 Å². The average Bonchev–Trinajstić information content (AvgIpc) is 3.15. The molecule has 25 heteroatoms. The van der Waals surface area contributed by atoms with Gasteiger partial charge in [0.1, 0.15) is 18.5 Å². The minimum atomic E-state index is -3.40. The first-order valence-corrected chi connectivity index (χ1v) is 31.4. The molecule has 0 amide bonds. The first kappa shape index (κ1) is 85.9. The van der Waals surface area contributed by atoms with Gasteiger partial charge >= 0.3 is 54.6 Å². The van der Waals surface area contributed by atoms with E-state index in [-0.39, 0.29) is 107 Å². The number of alkyl halides is 4. The fourth-order valence-corrected chi connectivity index (χ4v) is 11.1. The van der Waals surface area contributed by atoms with Gasteiger partial charge in [0, 0.05) is 122 Å². The fourth-order valence-electron chi connectivity index (χ4n) is 10.4. The summed E-state index contributed by atoms with van der Waals surface area (Å²) in [6.07, 6.45) is 18.1. The predicted molar refractivity (Wildman–Crippen MR) is 312 cm³/mol. The van der Waals surface area contributed by atoms with Crippen molar-refractivity contribution in [2.45, 2.75) is 251 Å². The van der Waals surface area contributed by atoms with E-state index in [9.17, 15) is 51.1 Å². The van der Waals surface area contributed by atoms with E-state index in [0.29, 0.717) is 64.6 Å². The van der Waals surface area contributed by atoms with Crippen LogP contribution in [0.3, 0.4) is 0 Å². The molecule has 2 aliphatic heterocycles. The van der Waals surface area contributed by atoms with Gasteiger partial charge in [-0.25, -0.2) is 0 Å². The van der Waals surface area contributed by atoms with Crippen molar-refractivity contribution < 1.29 is 119 Å². The molecular weight excluding hydrogens is 1140 g/mol. The predicted octanol–water partition coefficient (Wildman–Crippen LogP) is 9.59. The van der Waals surface area contributed by atoms with E-state index >= 15 is 0 Å². The molecule has 1 N–H and O–H groups in total. The molecule has 0 radical (unpaired) electrons. The summed E-state index contributed by atoms with van der Waals surface area (Å²) in [4.78, 5) is 95.2. The number of ether oxygens (including phenoxy) is 8. The van der Waals surface area contributed by atoms with Crippen LogP contribution < -0.4 is 18.9 Å². The second-order valence-corrected chi connectivity index (χ2v) is 23.1. The van der Waals surface area contributed by atoms with Crippen LogP contribution in [0.1, 0.15) is 203 Å². The van der Waals surface area contributed by atoms with Crippen LogP contribution in [0.5, 0.6) is 0 Å². The summed E-state index contributed by atoms with van der Waals surface area (Å²) in [6.45, 7) is 9.34. The average molecular weight is 1240 g/mol. The van der Waals surface area contributed by atoms with E-state index in [2.05, 4.69) is 9.47 Å². The first-order valence-electron chi connectivity index (χ1n) is 29.5. The Labute approximate surface area is 517 Å². The number of rotatable bonds is 34. The van der Waals surface area contributed by atoms with Crippen LogP contribution in [0.2, 0.25) is 0 Å². The number of Topliss-reactive ketones (excluding diaryl/α,β-unsaturated/α-hetero) is 1. The maximum Gasteiger partial charge on any atom is 1.00 e. The molecule has 2 saturated heterocycles. The Hall–Kier alpha value is -3.26. The van der Waals surface area contributed by atoms with Crippen LogP contribution in [0, 0.1) is 33.6 Å². The van der Waals surface area contributed by atoms with Gasteiger partial charge in [-0.2, -0.15) is 17.6 Å². The molecule has 2 saturated carbocycles. The van der Waals surface area contributed by atoms with Crippen molar-refractivity contribution >= 4 is 49.9 Å². The van der Waals surface area contributed by atoms with E-state index in [1.54, 1.807) is 19.7 Å². The maximum atomic E-state index is 14.3. The molecule has 4 rings (SSSR count). The molecule has 492 valence electrons. The Morgan fingerprint density at radius 1 is 0.624 bits per heavy atom. The Morgan fingerprint density at radius 2 is 1.04 bits per heavy atom. The van der Waals surface area contributed by atoms with Crippen molar-refractivity contribution in [3.05, 3.63) is 22.1 Å². The monoisotopic (exact) mass is 1240 g/mol. The van der Waals surface area contributed by atoms with Crippen molar-refractivity contribution in [2.24, 2.45) is 23.7 Å². The van der Waals surface area contributed by atoms with Gasteiger partial charge in [0.05, 0.1) is 32.6 Å². The van der Waals surface area contributed by atoms with Crippen LogP contribution in [0.25, 0.3) is 0 Å². The molecule has 0 aromatic rings. The summed E-state index contributed by atoms with van der Waals surface area (Å²) >= 11 is 0. The largest absolute Gasteiger partial charge is 1.00 e. The van der Waals surface area contributed by atoms with Crippen molar-refractivity contribution in [3.8, 4) is 0 Å². The number of aliphatic hydroxyl groups excluding tert-OH is 1. The van der Waals surface area contributed by atoms with E-state index in [1.165, 1.54) is 35.2 Å². The minimum absolute atomic E-state index is 0. The van der Waals surface area contributed by atoms with E-state index in [4.69, 9.17) is 48.0 Å². The molecule has 19 nitrogen and oxygen atoms in total. The number of allylic oxidation sites excluding steroid dienone is 1. The Balaban J connectivity index is -0.000000607. The third kappa shape index (κ3) is 36.1. The second-order valence-electron chi connectivity index (χ2n) is 21.1. The molecule has 0 aromatic carbocycles. The van der Waals surface area contributed by atoms with E-state index in [1.807, 2.05) is 6.92 Å². The van der Waals surface area contributed by atoms with Crippen molar-refractivity contribution in [2.75, 3.05) is 54.5 Å². The molecule has 0 aromatic heterocycles. The molecular formula is C60H104F4LiO19P. The number of esters is 4. The molecule has 0 spiro atoms. The summed E-state index contributed by atoms with van der Waals surface area (Å²) in [5.41, 5.74) is 0. The summed E-state index contributed by atoms with van der Waals surface area (Å²) in [5.74, 6) is -10.8. The smallest absolute Gasteiger partial charge is 1.00 e. The SMILES string of the molecule is C.CCCCC(F)(F)C(=O)/C=C/[C@@H]1C(CCCCCCC(=O)OC)[C@@H](OC(C)=O)C[C@H]1OC1CCCCO1.CCCCC(F)(F)C(=O)CP(C)OC.CO.COC(=O)CCCCCCC1[C@@H](OC(C)=O)C[C@@H](OC2CCCCO2)[C@@H]1C=O.O=O.[H-].[Li+]. The van der Waals surface area contributed by atoms with Crippen LogP contribution in [0.4, 0.5) is 17.6 Å². The van der Waals surface area contributed by atoms with Crippen LogP contribution in [0.15, 0.2) is 12.2 Å². The summed E-state index contributed by atoms with van der Waals surface area (Å²) in [5, 5.41) is 7.00. The number of aliphatic hydroxyl groups is 1. The molecule has 2 aliphatic carbocycles. The van der Waals surface area contributed by atoms with E-state index < -0.39 is 62.4 Å². The van der Waals surface area contributed by atoms with Crippen molar-refractivity contribution in [3.63, 3.8) is 0 Å². The number of methoxy groups -OCH3 is 2. The summed E-state index contributed by atoms with van der Waals surface area (Å²) < 4.78 is 104. The zero-order valence-electron chi connectivity index (χ0n) is 52.8. The number of unbranched alkanes of at least 4 members (excludes halogenated alkanes) is 8. The summed E-state index contributed by atoms with van der Waals surface area (Å²) in [6, 6.07) is 0. The van der Waals surface area contributed by atoms with Crippen LogP contribution in [-0.2, 0) is 76.0 Å². The van der Waals surface area contributed by atoms with Crippen LogP contribution >= 0.6 is 8.15 Å². The molecule has 2 heterocycles. The number of hydrogen-bond donors (Lipinski definition) is 1. The quantitative estimate of drug-likeness (QED) is 0.00919. The first-order chi connectivity index (χ1) is 39.7. The minimum Gasteiger partial charge on any atom is -1.00 e. The molecule has 0 bridgehead atoms. The van der Waals surface area contributed by atoms with Crippen molar-refractivity contribution in [1.82, 2.24) is 0 Å². The Kier molecular flexibility index (Phi) is 51.1. The number of ketones is 2. The van der Waals surface area contributed by atoms with Gasteiger partial charge in [-0.1, -0.05) is 78.7 Å². The second kappa shape index (κ2) is 50.6. The normalized spacial score (nSPS) is 23.8. The van der Waals surface area contributed by atoms with Gasteiger partial charge in [0.25, 0.3) is 0 Å². The van der Waals surface area contributed by atoms with Gasteiger partial charge in [0.15, 0.2) is 12.6 Å². The van der Waals surface area contributed by atoms with Crippen molar-refractivity contribution in [1.29, 1.82) is 0 Å². The van der Waals surface area contributed by atoms with Gasteiger partial charge in [-0.05, 0) is 89.8 Å². The number of aldehydes is 1. The topological polar surface area (TPSA) is 257 Å². The zero-order valence-corrected chi connectivity index (χ0v) is 52.7. The molecule has 85 heavy (non-hydrogen) atoms. The maximum absolute atomic E-state index is 14.3. The van der Waals surface area contributed by atoms with E-state index in [0.717, 1.165) is 116 Å². The number of carbonyl (C=O) groups is 7. The third-order valence-electron chi connectivity index (χ3n) is 14.8. The van der Waals surface area contributed by atoms with Gasteiger partial charge < -0.3 is 53.7 Å². The van der Waals surface area contributed by atoms with Gasteiger partial charge in [-0.3, -0.25) is 28.8 Å². The molecule has 11 atom stereocenters. The van der Waals surface area contributed by atoms with Crippen LogP contribution in [-0.4, -0.2) is 150 Å². The third-order valence-corrected chi connectivity index (χ3v) is 16.2. The number of carbonyl (C=O) groups excluding carboxylic acids is 7. The fraction of sp³-hybridized carbons (Fsp3) is 0.850. The standard InChI is InChI=1S/C28H44F2O7.C21H34O7.C9H17F2O2P.CH4O.CH4.Li.O2.H/c1-4-5-17-28(29,30)25(32)16-15-22-21(12-8-6-7-9-13-26(33)34-3)23(36-20(2)31)19-24(22)37-27-14-10-11-18-35-27;1-15(23)27-18-13-19(28-21-11-7-8-12-26-21)17(14-22)16(18)9-5-3-4-6-10-20(24)25-2;1-4-5-6-9(10,11)8(12)7-14(3)13-2;1-2;;;1-2;/h15-16,21-24,27H,4-14,17-19H2,1-3H3;14,16-19,21H,3-13H2,1-2H3;4-7H2,1-3H3;2H,1H3;1H4;;;/q;;;;;+1;;-1/b16-15+;;;;;;;/t21?,22-,23+,24-,27?;16?,17-,18+,19-,21?;;;;;;/m11....../s1. The summed E-state index contributed by atoms with van der Waals surface area (Å²) in [7, 11) is 4.17. The zero-order chi connectivity index (χ0) is 62.8. The Bertz CT molecular complexity index is 1850. The van der Waals surface area contributed by atoms with Gasteiger partial charge in [0.2, 0.25) is 11.6 Å². The molecule has 5 unspecified atom stereocenters. The molecule has 4 aliphatic rings. The Morgan fingerprint density at radius 3 is 1.41 bits per heavy atom. The number of hydrogen-bond acceptors (Lipinski definition) is 19.